The molecule has 0 saturated heterocycles. The zero-order valence-corrected chi connectivity index (χ0v) is 10.3. The summed E-state index contributed by atoms with van der Waals surface area (Å²) in [7, 11) is 2.03. The highest BCUT2D eigenvalue weighted by atomic mass is 35.5. The van der Waals surface area contributed by atoms with Crippen LogP contribution in [0.1, 0.15) is 18.0 Å². The molecule has 88 valence electrons. The van der Waals surface area contributed by atoms with Crippen LogP contribution in [-0.2, 0) is 0 Å². The molecule has 0 spiro atoms. The van der Waals surface area contributed by atoms with Gasteiger partial charge in [-0.05, 0) is 19.0 Å². The molecule has 3 heteroatoms. The Bertz CT molecular complexity index is 313. The second-order valence-electron chi connectivity index (χ2n) is 3.74. The molecule has 1 aromatic rings. The average Bonchev–Trinajstić information content (AvgIpc) is 2.34. The highest BCUT2D eigenvalue weighted by Crippen LogP contribution is 2.22. The normalized spacial score (nSPS) is 13.5. The molecule has 0 fully saturated rings. The number of halogens is 1. The van der Waals surface area contributed by atoms with Crippen LogP contribution in [0, 0.1) is 0 Å². The van der Waals surface area contributed by atoms with Crippen LogP contribution in [0.3, 0.4) is 0 Å². The molecule has 1 rings (SSSR count). The Balaban J connectivity index is 2.74. The van der Waals surface area contributed by atoms with Gasteiger partial charge >= 0.3 is 0 Å². The van der Waals surface area contributed by atoms with Gasteiger partial charge in [0.05, 0.1) is 0 Å². The second kappa shape index (κ2) is 7.44. The average molecular weight is 240 g/mol. The van der Waals surface area contributed by atoms with Gasteiger partial charge in [0.1, 0.15) is 0 Å². The summed E-state index contributed by atoms with van der Waals surface area (Å²) >= 11 is 5.52. The summed E-state index contributed by atoms with van der Waals surface area (Å²) in [5, 5.41) is 9.10. The maximum absolute atomic E-state index is 9.10. The first-order valence-electron chi connectivity index (χ1n) is 5.41. The molecule has 2 nitrogen and oxygen atoms in total. The third kappa shape index (κ3) is 3.97. The molecule has 0 saturated carbocycles. The lowest BCUT2D eigenvalue weighted by atomic mass is 10.0. The van der Waals surface area contributed by atoms with Crippen LogP contribution in [0.2, 0.25) is 0 Å². The molecule has 1 aromatic carbocycles. The smallest absolute Gasteiger partial charge is 0.0449 e. The van der Waals surface area contributed by atoms with E-state index >= 15 is 0 Å². The third-order valence-corrected chi connectivity index (χ3v) is 2.78. The van der Waals surface area contributed by atoms with Crippen LogP contribution in [0.25, 0.3) is 0 Å². The topological polar surface area (TPSA) is 23.5 Å². The first-order valence-corrected chi connectivity index (χ1v) is 5.84. The fourth-order valence-corrected chi connectivity index (χ4v) is 1.85. The molecule has 0 bridgehead atoms. The number of aliphatic hydroxyl groups is 1. The molecule has 0 aliphatic heterocycles. The van der Waals surface area contributed by atoms with E-state index in [0.717, 1.165) is 13.0 Å². The maximum atomic E-state index is 9.10. The first kappa shape index (κ1) is 13.2. The number of likely N-dealkylation sites (N-methyl/N-ethyl adjacent to an activating group) is 1. The Hall–Kier alpha value is -0.830. The van der Waals surface area contributed by atoms with Gasteiger partial charge in [-0.1, -0.05) is 48.0 Å². The zero-order chi connectivity index (χ0) is 11.8. The van der Waals surface area contributed by atoms with E-state index in [0.29, 0.717) is 0 Å². The molecule has 16 heavy (non-hydrogen) atoms. The lowest BCUT2D eigenvalue weighted by molar-refractivity contribution is 0.198. The lowest BCUT2D eigenvalue weighted by Crippen LogP contribution is -2.25. The van der Waals surface area contributed by atoms with Crippen molar-refractivity contribution >= 4 is 11.6 Å². The number of aliphatic hydroxyl groups excluding tert-OH is 1. The highest BCUT2D eigenvalue weighted by molar-refractivity contribution is 6.25. The third-order valence-electron chi connectivity index (χ3n) is 2.60. The molecule has 1 N–H and O–H groups in total. The summed E-state index contributed by atoms with van der Waals surface area (Å²) in [4.78, 5) is 2.17. The Labute approximate surface area is 102 Å². The minimum absolute atomic E-state index is 0.189. The van der Waals surface area contributed by atoms with Crippen LogP contribution < -0.4 is 0 Å². The van der Waals surface area contributed by atoms with Gasteiger partial charge in [-0.2, -0.15) is 0 Å². The highest BCUT2D eigenvalue weighted by Gasteiger charge is 2.14. The van der Waals surface area contributed by atoms with Crippen molar-refractivity contribution < 1.29 is 5.11 Å². The largest absolute Gasteiger partial charge is 0.396 e. The Kier molecular flexibility index (Phi) is 6.16. The summed E-state index contributed by atoms with van der Waals surface area (Å²) in [6.07, 6.45) is 2.63. The molecule has 1 atom stereocenters. The van der Waals surface area contributed by atoms with Crippen molar-refractivity contribution in [3.8, 4) is 0 Å². The van der Waals surface area contributed by atoms with E-state index < -0.39 is 0 Å². The number of hydrogen-bond acceptors (Lipinski definition) is 2. The predicted octanol–water partition coefficient (Wildman–Crippen LogP) is 2.79. The number of rotatable bonds is 6. The molecule has 0 aliphatic rings. The quantitative estimate of drug-likeness (QED) is 0.825. The predicted molar refractivity (Wildman–Crippen MR) is 68.5 cm³/mol. The van der Waals surface area contributed by atoms with Gasteiger partial charge in [-0.3, -0.25) is 4.90 Å². The summed E-state index contributed by atoms with van der Waals surface area (Å²) in [5.74, 6) is 0. The molecule has 0 aliphatic carbocycles. The van der Waals surface area contributed by atoms with E-state index in [4.69, 9.17) is 16.7 Å². The molecule has 0 amide bonds. The summed E-state index contributed by atoms with van der Waals surface area (Å²) in [5.41, 5.74) is 2.75. The standard InChI is InChI=1S/C13H18ClNO/c1-15(10-5-9-14)13(8-11-16)12-6-3-2-4-7-12/h2-7,9,13,16H,8,10-11H2,1H3. The minimum atomic E-state index is 0.189. The van der Waals surface area contributed by atoms with Crippen molar-refractivity contribution in [2.45, 2.75) is 12.5 Å². The summed E-state index contributed by atoms with van der Waals surface area (Å²) < 4.78 is 0. The zero-order valence-electron chi connectivity index (χ0n) is 9.51. The van der Waals surface area contributed by atoms with Crippen LogP contribution in [-0.4, -0.2) is 30.2 Å². The van der Waals surface area contributed by atoms with E-state index in [1.165, 1.54) is 11.1 Å². The monoisotopic (exact) mass is 239 g/mol. The lowest BCUT2D eigenvalue weighted by Gasteiger charge is -2.26. The fraction of sp³-hybridized carbons (Fsp3) is 0.385. The van der Waals surface area contributed by atoms with E-state index in [-0.39, 0.29) is 12.6 Å². The van der Waals surface area contributed by atoms with Crippen LogP contribution >= 0.6 is 11.6 Å². The minimum Gasteiger partial charge on any atom is -0.396 e. The van der Waals surface area contributed by atoms with Crippen molar-refractivity contribution in [2.24, 2.45) is 0 Å². The van der Waals surface area contributed by atoms with Gasteiger partial charge < -0.3 is 5.11 Å². The van der Waals surface area contributed by atoms with E-state index in [9.17, 15) is 0 Å². The molecule has 0 heterocycles. The number of hydrogen-bond donors (Lipinski definition) is 1. The maximum Gasteiger partial charge on any atom is 0.0449 e. The van der Waals surface area contributed by atoms with Gasteiger partial charge in [0.15, 0.2) is 0 Å². The molecular formula is C13H18ClNO. The first-order chi connectivity index (χ1) is 7.79. The van der Waals surface area contributed by atoms with Crippen molar-refractivity contribution in [1.29, 1.82) is 0 Å². The van der Waals surface area contributed by atoms with Crippen molar-refractivity contribution in [3.05, 3.63) is 47.5 Å². The van der Waals surface area contributed by atoms with Crippen molar-refractivity contribution in [1.82, 2.24) is 4.90 Å². The van der Waals surface area contributed by atoms with Crippen molar-refractivity contribution in [2.75, 3.05) is 20.2 Å². The molecule has 0 aromatic heterocycles. The van der Waals surface area contributed by atoms with Crippen molar-refractivity contribution in [3.63, 3.8) is 0 Å². The van der Waals surface area contributed by atoms with E-state index in [2.05, 4.69) is 17.0 Å². The fourth-order valence-electron chi connectivity index (χ4n) is 1.77. The van der Waals surface area contributed by atoms with Gasteiger partial charge in [-0.15, -0.1) is 0 Å². The van der Waals surface area contributed by atoms with Crippen LogP contribution in [0.15, 0.2) is 41.9 Å². The Morgan fingerprint density at radius 3 is 2.62 bits per heavy atom. The summed E-state index contributed by atoms with van der Waals surface area (Å²) in [6, 6.07) is 10.4. The summed E-state index contributed by atoms with van der Waals surface area (Å²) in [6.45, 7) is 0.970. The van der Waals surface area contributed by atoms with E-state index in [1.807, 2.05) is 31.3 Å². The van der Waals surface area contributed by atoms with Gasteiger partial charge in [0, 0.05) is 24.7 Å². The second-order valence-corrected chi connectivity index (χ2v) is 3.99. The van der Waals surface area contributed by atoms with Gasteiger partial charge in [0.2, 0.25) is 0 Å². The van der Waals surface area contributed by atoms with Gasteiger partial charge in [0.25, 0.3) is 0 Å². The van der Waals surface area contributed by atoms with Crippen LogP contribution in [0.4, 0.5) is 0 Å². The van der Waals surface area contributed by atoms with Gasteiger partial charge in [-0.25, -0.2) is 0 Å². The molecule has 0 radical (unpaired) electrons. The molecule has 1 unspecified atom stereocenters. The van der Waals surface area contributed by atoms with E-state index in [1.54, 1.807) is 0 Å². The molecular weight excluding hydrogens is 222 g/mol. The Morgan fingerprint density at radius 2 is 2.06 bits per heavy atom. The number of nitrogens with zero attached hydrogens (tertiary/aromatic N) is 1. The Morgan fingerprint density at radius 1 is 1.38 bits per heavy atom. The SMILES string of the molecule is CN(CC=CCl)C(CCO)c1ccccc1. The van der Waals surface area contributed by atoms with Crippen LogP contribution in [0.5, 0.6) is 0 Å². The number of benzene rings is 1.